The molecule has 1 fully saturated rings. The second-order valence-corrected chi connectivity index (χ2v) is 10.5. The van der Waals surface area contributed by atoms with Crippen molar-refractivity contribution in [3.05, 3.63) is 61.2 Å². The topological polar surface area (TPSA) is 105 Å². The molecule has 0 radical (unpaired) electrons. The van der Waals surface area contributed by atoms with E-state index in [-0.39, 0.29) is 43.3 Å². The first-order valence-corrected chi connectivity index (χ1v) is 12.8. The van der Waals surface area contributed by atoms with E-state index in [2.05, 4.69) is 23.8 Å². The van der Waals surface area contributed by atoms with Gasteiger partial charge in [0.05, 0.1) is 29.5 Å². The Morgan fingerprint density at radius 1 is 1.08 bits per heavy atom. The van der Waals surface area contributed by atoms with Crippen LogP contribution in [0.25, 0.3) is 0 Å². The first-order valence-electron chi connectivity index (χ1n) is 12.8. The van der Waals surface area contributed by atoms with Gasteiger partial charge in [-0.2, -0.15) is 0 Å². The number of carbonyl (C=O) groups excluding carboxylic acids is 3. The third-order valence-electron chi connectivity index (χ3n) is 6.67. The smallest absolute Gasteiger partial charge is 0.309 e. The highest BCUT2D eigenvalue weighted by molar-refractivity contribution is 5.86. The van der Waals surface area contributed by atoms with Crippen LogP contribution in [0.2, 0.25) is 0 Å². The molecule has 0 unspecified atom stereocenters. The third kappa shape index (κ3) is 9.26. The Morgan fingerprint density at radius 3 is 2.28 bits per heavy atom. The standard InChI is InChI=1S/C29H42N2O5/c1-5-12-23(19-25(33)30-29(20-32)16-10-11-17-29)26(34)31-28(3,4)21-36-27(35)24(13-6-2)18-22-14-8-7-9-15-22/h5-9,14-15,23-24,32H,1-2,10-13,16-21H2,3-4H3,(H,30,33)(H,31,34)/t23-,24-/m0/s1. The van der Waals surface area contributed by atoms with E-state index in [1.165, 1.54) is 0 Å². The van der Waals surface area contributed by atoms with E-state index in [0.29, 0.717) is 19.3 Å². The molecule has 7 nitrogen and oxygen atoms in total. The van der Waals surface area contributed by atoms with Crippen LogP contribution in [0.4, 0.5) is 0 Å². The molecule has 1 saturated carbocycles. The van der Waals surface area contributed by atoms with Crippen molar-refractivity contribution in [3.8, 4) is 0 Å². The van der Waals surface area contributed by atoms with E-state index in [1.54, 1.807) is 26.0 Å². The van der Waals surface area contributed by atoms with Crippen molar-refractivity contribution in [2.24, 2.45) is 11.8 Å². The van der Waals surface area contributed by atoms with Gasteiger partial charge in [-0.25, -0.2) is 0 Å². The van der Waals surface area contributed by atoms with Gasteiger partial charge in [-0.15, -0.1) is 13.2 Å². The Kier molecular flexibility index (Phi) is 11.4. The Morgan fingerprint density at radius 2 is 1.69 bits per heavy atom. The second-order valence-electron chi connectivity index (χ2n) is 10.5. The SMILES string of the molecule is C=CC[C@@H](CC(=O)NC1(CO)CCCC1)C(=O)NC(C)(C)COC(=O)[C@@H](CC=C)Cc1ccccc1. The highest BCUT2D eigenvalue weighted by Gasteiger charge is 2.36. The van der Waals surface area contributed by atoms with Gasteiger partial charge in [0.15, 0.2) is 0 Å². The zero-order chi connectivity index (χ0) is 26.6. The lowest BCUT2D eigenvalue weighted by Gasteiger charge is -2.30. The molecule has 0 bridgehead atoms. The molecule has 1 aromatic rings. The number of aliphatic hydroxyl groups is 1. The van der Waals surface area contributed by atoms with Crippen LogP contribution < -0.4 is 10.6 Å². The summed E-state index contributed by atoms with van der Waals surface area (Å²) in [6, 6.07) is 9.73. The monoisotopic (exact) mass is 498 g/mol. The van der Waals surface area contributed by atoms with Crippen molar-refractivity contribution in [3.63, 3.8) is 0 Å². The molecule has 2 amide bonds. The molecule has 2 atom stereocenters. The molecule has 1 aliphatic rings. The molecule has 0 aromatic heterocycles. The van der Waals surface area contributed by atoms with Crippen LogP contribution in [0.1, 0.15) is 64.4 Å². The van der Waals surface area contributed by atoms with Crippen LogP contribution in [0, 0.1) is 11.8 Å². The van der Waals surface area contributed by atoms with Gasteiger partial charge >= 0.3 is 5.97 Å². The van der Waals surface area contributed by atoms with Crippen molar-refractivity contribution < 1.29 is 24.2 Å². The lowest BCUT2D eigenvalue weighted by Crippen LogP contribution is -2.52. The lowest BCUT2D eigenvalue weighted by atomic mass is 9.94. The highest BCUT2D eigenvalue weighted by atomic mass is 16.5. The molecule has 36 heavy (non-hydrogen) atoms. The number of ether oxygens (including phenoxy) is 1. The van der Waals surface area contributed by atoms with E-state index < -0.39 is 17.0 Å². The molecular formula is C29H42N2O5. The molecule has 0 heterocycles. The number of benzene rings is 1. The van der Waals surface area contributed by atoms with E-state index in [4.69, 9.17) is 4.74 Å². The van der Waals surface area contributed by atoms with Gasteiger partial charge in [0.25, 0.3) is 0 Å². The summed E-state index contributed by atoms with van der Waals surface area (Å²) in [4.78, 5) is 38.6. The zero-order valence-corrected chi connectivity index (χ0v) is 21.8. The van der Waals surface area contributed by atoms with Gasteiger partial charge in [0.2, 0.25) is 11.8 Å². The predicted octanol–water partition coefficient (Wildman–Crippen LogP) is 3.86. The summed E-state index contributed by atoms with van der Waals surface area (Å²) >= 11 is 0. The number of esters is 1. The van der Waals surface area contributed by atoms with Crippen LogP contribution in [-0.2, 0) is 25.5 Å². The van der Waals surface area contributed by atoms with Gasteiger partial charge < -0.3 is 20.5 Å². The Bertz CT molecular complexity index is 890. The van der Waals surface area contributed by atoms with Crippen LogP contribution in [0.15, 0.2) is 55.6 Å². The van der Waals surface area contributed by atoms with Crippen LogP contribution in [0.5, 0.6) is 0 Å². The van der Waals surface area contributed by atoms with E-state index in [9.17, 15) is 19.5 Å². The van der Waals surface area contributed by atoms with Gasteiger partial charge in [-0.05, 0) is 51.5 Å². The van der Waals surface area contributed by atoms with Crippen molar-refractivity contribution >= 4 is 17.8 Å². The summed E-state index contributed by atoms with van der Waals surface area (Å²) in [6.07, 6.45) is 8.09. The van der Waals surface area contributed by atoms with Crippen LogP contribution in [0.3, 0.4) is 0 Å². The highest BCUT2D eigenvalue weighted by Crippen LogP contribution is 2.29. The van der Waals surface area contributed by atoms with Gasteiger partial charge in [0, 0.05) is 6.42 Å². The normalized spacial score (nSPS) is 16.4. The van der Waals surface area contributed by atoms with Gasteiger partial charge in [-0.3, -0.25) is 14.4 Å². The number of hydrogen-bond donors (Lipinski definition) is 3. The van der Waals surface area contributed by atoms with Crippen molar-refractivity contribution in [1.82, 2.24) is 10.6 Å². The number of carbonyl (C=O) groups is 3. The maximum absolute atomic E-state index is 13.1. The number of hydrogen-bond acceptors (Lipinski definition) is 5. The first kappa shape index (κ1) is 29.3. The van der Waals surface area contributed by atoms with Gasteiger partial charge in [-0.1, -0.05) is 55.3 Å². The van der Waals surface area contributed by atoms with Gasteiger partial charge in [0.1, 0.15) is 6.61 Å². The Balaban J connectivity index is 1.93. The number of amides is 2. The molecule has 2 rings (SSSR count). The second kappa shape index (κ2) is 14.0. The fourth-order valence-corrected chi connectivity index (χ4v) is 4.63. The number of aliphatic hydroxyl groups excluding tert-OH is 1. The molecule has 1 aliphatic carbocycles. The van der Waals surface area contributed by atoms with E-state index in [1.807, 2.05) is 30.3 Å². The van der Waals surface area contributed by atoms with Crippen LogP contribution in [-0.4, -0.2) is 47.2 Å². The summed E-state index contributed by atoms with van der Waals surface area (Å²) in [7, 11) is 0. The molecule has 0 aliphatic heterocycles. The Hall–Kier alpha value is -2.93. The van der Waals surface area contributed by atoms with Crippen LogP contribution >= 0.6 is 0 Å². The summed E-state index contributed by atoms with van der Waals surface area (Å²) in [5, 5.41) is 15.6. The summed E-state index contributed by atoms with van der Waals surface area (Å²) in [5.41, 5.74) is -0.368. The lowest BCUT2D eigenvalue weighted by molar-refractivity contribution is -0.151. The van der Waals surface area contributed by atoms with E-state index >= 15 is 0 Å². The number of rotatable bonds is 15. The van der Waals surface area contributed by atoms with Crippen molar-refractivity contribution in [2.75, 3.05) is 13.2 Å². The summed E-state index contributed by atoms with van der Waals surface area (Å²) in [5.74, 6) is -1.87. The summed E-state index contributed by atoms with van der Waals surface area (Å²) in [6.45, 7) is 10.9. The molecule has 1 aromatic carbocycles. The third-order valence-corrected chi connectivity index (χ3v) is 6.67. The molecule has 7 heteroatoms. The summed E-state index contributed by atoms with van der Waals surface area (Å²) < 4.78 is 5.60. The molecule has 198 valence electrons. The zero-order valence-electron chi connectivity index (χ0n) is 21.8. The number of nitrogens with one attached hydrogen (secondary N) is 2. The van der Waals surface area contributed by atoms with E-state index in [0.717, 1.165) is 31.2 Å². The van der Waals surface area contributed by atoms with Crippen molar-refractivity contribution in [2.45, 2.75) is 76.3 Å². The minimum absolute atomic E-state index is 0.000630. The van der Waals surface area contributed by atoms with Crippen molar-refractivity contribution in [1.29, 1.82) is 0 Å². The predicted molar refractivity (Wildman–Crippen MR) is 141 cm³/mol. The average molecular weight is 499 g/mol. The molecule has 0 spiro atoms. The minimum atomic E-state index is -0.827. The largest absolute Gasteiger partial charge is 0.463 e. The fraction of sp³-hybridized carbons (Fsp3) is 0.552. The Labute approximate surface area is 215 Å². The quantitative estimate of drug-likeness (QED) is 0.252. The fourth-order valence-electron chi connectivity index (χ4n) is 4.63. The average Bonchev–Trinajstić information content (AvgIpc) is 3.31. The molecule has 0 saturated heterocycles. The maximum atomic E-state index is 13.1. The number of allylic oxidation sites excluding steroid dienone is 2. The maximum Gasteiger partial charge on any atom is 0.309 e. The first-order chi connectivity index (χ1) is 17.1. The molecule has 3 N–H and O–H groups in total. The molecular weight excluding hydrogens is 456 g/mol. The minimum Gasteiger partial charge on any atom is -0.463 e.